The van der Waals surface area contributed by atoms with E-state index in [2.05, 4.69) is 46.3 Å². The van der Waals surface area contributed by atoms with Gasteiger partial charge in [-0.1, -0.05) is 42.5 Å². The van der Waals surface area contributed by atoms with Crippen molar-refractivity contribution in [1.29, 1.82) is 0 Å². The number of aromatic nitrogens is 1. The quantitative estimate of drug-likeness (QED) is 0.583. The third-order valence-electron chi connectivity index (χ3n) is 6.32. The standard InChI is InChI=1S/C27H31N3O2/c1-29(2)26(31)27(25-12-7-8-16-28-25)15-9-17-30(20-27)19-23-18-22(13-14-24(23)32-3)21-10-5-4-6-11-21/h4-8,10-14,16,18H,9,15,17,19-20H2,1-3H3. The Bertz CT molecular complexity index is 1050. The molecule has 166 valence electrons. The summed E-state index contributed by atoms with van der Waals surface area (Å²) in [6.45, 7) is 2.30. The summed E-state index contributed by atoms with van der Waals surface area (Å²) in [4.78, 5) is 22.1. The number of nitrogens with zero attached hydrogens (tertiary/aromatic N) is 3. The van der Waals surface area contributed by atoms with Crippen LogP contribution in [0.3, 0.4) is 0 Å². The maximum Gasteiger partial charge on any atom is 0.235 e. The lowest BCUT2D eigenvalue weighted by Gasteiger charge is -2.42. The number of hydrogen-bond donors (Lipinski definition) is 0. The van der Waals surface area contributed by atoms with Gasteiger partial charge in [0.25, 0.3) is 0 Å². The van der Waals surface area contributed by atoms with Crippen LogP contribution in [-0.4, -0.2) is 55.0 Å². The number of rotatable bonds is 6. The normalized spacial score (nSPS) is 18.8. The van der Waals surface area contributed by atoms with E-state index in [1.165, 1.54) is 11.1 Å². The van der Waals surface area contributed by atoms with Crippen molar-refractivity contribution in [3.05, 3.63) is 84.2 Å². The van der Waals surface area contributed by atoms with Crippen molar-refractivity contribution in [2.45, 2.75) is 24.8 Å². The third kappa shape index (κ3) is 4.39. The Morgan fingerprint density at radius 1 is 1.06 bits per heavy atom. The van der Waals surface area contributed by atoms with Crippen LogP contribution in [0.4, 0.5) is 0 Å². The van der Waals surface area contributed by atoms with Gasteiger partial charge >= 0.3 is 0 Å². The van der Waals surface area contributed by atoms with Crippen molar-refractivity contribution in [2.75, 3.05) is 34.3 Å². The van der Waals surface area contributed by atoms with Crippen LogP contribution in [0, 0.1) is 0 Å². The highest BCUT2D eigenvalue weighted by Crippen LogP contribution is 2.36. The lowest BCUT2D eigenvalue weighted by atomic mass is 9.75. The first-order chi connectivity index (χ1) is 15.5. The number of piperidine rings is 1. The highest BCUT2D eigenvalue weighted by Gasteiger charge is 2.45. The van der Waals surface area contributed by atoms with Crippen molar-refractivity contribution in [1.82, 2.24) is 14.8 Å². The lowest BCUT2D eigenvalue weighted by molar-refractivity contribution is -0.137. The molecular weight excluding hydrogens is 398 g/mol. The average molecular weight is 430 g/mol. The Labute approximate surface area is 190 Å². The number of pyridine rings is 1. The van der Waals surface area contributed by atoms with Crippen molar-refractivity contribution in [2.24, 2.45) is 0 Å². The van der Waals surface area contributed by atoms with E-state index in [1.54, 1.807) is 18.2 Å². The van der Waals surface area contributed by atoms with Crippen LogP contribution in [0.2, 0.25) is 0 Å². The fourth-order valence-corrected chi connectivity index (χ4v) is 4.80. The summed E-state index contributed by atoms with van der Waals surface area (Å²) in [7, 11) is 5.38. The van der Waals surface area contributed by atoms with Crippen molar-refractivity contribution < 1.29 is 9.53 Å². The summed E-state index contributed by atoms with van der Waals surface area (Å²) in [5, 5.41) is 0. The van der Waals surface area contributed by atoms with Gasteiger partial charge in [-0.15, -0.1) is 0 Å². The number of methoxy groups -OCH3 is 1. The molecule has 2 aromatic carbocycles. The summed E-state index contributed by atoms with van der Waals surface area (Å²) in [6, 6.07) is 22.6. The van der Waals surface area contributed by atoms with E-state index < -0.39 is 5.41 Å². The predicted octanol–water partition coefficient (Wildman–Crippen LogP) is 4.38. The summed E-state index contributed by atoms with van der Waals surface area (Å²) < 4.78 is 5.69. The lowest BCUT2D eigenvalue weighted by Crippen LogP contribution is -2.54. The van der Waals surface area contributed by atoms with Gasteiger partial charge < -0.3 is 9.64 Å². The first-order valence-electron chi connectivity index (χ1n) is 11.1. The van der Waals surface area contributed by atoms with E-state index in [0.717, 1.165) is 42.9 Å². The maximum atomic E-state index is 13.4. The molecule has 0 aliphatic carbocycles. The number of carbonyl (C=O) groups excluding carboxylic acids is 1. The SMILES string of the molecule is COc1ccc(-c2ccccc2)cc1CN1CCCC(C(=O)N(C)C)(c2ccccn2)C1. The van der Waals surface area contributed by atoms with Crippen molar-refractivity contribution >= 4 is 5.91 Å². The van der Waals surface area contributed by atoms with E-state index in [9.17, 15) is 4.79 Å². The number of likely N-dealkylation sites (N-methyl/N-ethyl adjacent to an activating group) is 1. The molecule has 1 aromatic heterocycles. The molecule has 1 atom stereocenters. The molecular formula is C27H31N3O2. The average Bonchev–Trinajstić information content (AvgIpc) is 2.84. The molecule has 4 rings (SSSR count). The van der Waals surface area contributed by atoms with E-state index in [1.807, 2.05) is 44.4 Å². The van der Waals surface area contributed by atoms with Crippen LogP contribution in [-0.2, 0) is 16.8 Å². The maximum absolute atomic E-state index is 13.4. The van der Waals surface area contributed by atoms with Crippen LogP contribution in [0.1, 0.15) is 24.1 Å². The highest BCUT2D eigenvalue weighted by atomic mass is 16.5. The largest absolute Gasteiger partial charge is 0.496 e. The topological polar surface area (TPSA) is 45.7 Å². The molecule has 2 heterocycles. The number of ether oxygens (including phenoxy) is 1. The van der Waals surface area contributed by atoms with Gasteiger partial charge in [0.2, 0.25) is 5.91 Å². The summed E-state index contributed by atoms with van der Waals surface area (Å²) in [6.07, 6.45) is 3.53. The van der Waals surface area contributed by atoms with E-state index in [0.29, 0.717) is 6.54 Å². The fraction of sp³-hybridized carbons (Fsp3) is 0.333. The molecule has 5 heteroatoms. The number of likely N-dealkylation sites (tertiary alicyclic amines) is 1. The van der Waals surface area contributed by atoms with Gasteiger partial charge in [0.05, 0.1) is 12.8 Å². The molecule has 1 aliphatic heterocycles. The molecule has 0 bridgehead atoms. The second-order valence-corrected chi connectivity index (χ2v) is 8.70. The van der Waals surface area contributed by atoms with Gasteiger partial charge in [-0.3, -0.25) is 14.7 Å². The predicted molar refractivity (Wildman–Crippen MR) is 128 cm³/mol. The molecule has 1 aliphatic rings. The van der Waals surface area contributed by atoms with Gasteiger partial charge in [0.15, 0.2) is 0 Å². The zero-order valence-corrected chi connectivity index (χ0v) is 19.1. The highest BCUT2D eigenvalue weighted by molar-refractivity contribution is 5.88. The zero-order valence-electron chi connectivity index (χ0n) is 19.1. The molecule has 1 saturated heterocycles. The monoisotopic (exact) mass is 429 g/mol. The fourth-order valence-electron chi connectivity index (χ4n) is 4.80. The van der Waals surface area contributed by atoms with Crippen molar-refractivity contribution in [3.8, 4) is 16.9 Å². The minimum Gasteiger partial charge on any atom is -0.496 e. The minimum absolute atomic E-state index is 0.117. The van der Waals surface area contributed by atoms with Crippen molar-refractivity contribution in [3.63, 3.8) is 0 Å². The number of carbonyl (C=O) groups is 1. The molecule has 0 saturated carbocycles. The third-order valence-corrected chi connectivity index (χ3v) is 6.32. The van der Waals surface area contributed by atoms with E-state index in [-0.39, 0.29) is 5.91 Å². The second kappa shape index (κ2) is 9.53. The Kier molecular flexibility index (Phi) is 6.56. The molecule has 0 N–H and O–H groups in total. The zero-order chi connectivity index (χ0) is 22.6. The van der Waals surface area contributed by atoms with Gasteiger partial charge in [-0.05, 0) is 54.8 Å². The molecule has 1 unspecified atom stereocenters. The number of amides is 1. The molecule has 0 spiro atoms. The minimum atomic E-state index is -0.632. The summed E-state index contributed by atoms with van der Waals surface area (Å²) in [5.41, 5.74) is 3.70. The number of hydrogen-bond acceptors (Lipinski definition) is 4. The van der Waals surface area contributed by atoms with Gasteiger partial charge in [-0.25, -0.2) is 0 Å². The first-order valence-corrected chi connectivity index (χ1v) is 11.1. The molecule has 1 fully saturated rings. The van der Waals surface area contributed by atoms with E-state index in [4.69, 9.17) is 4.74 Å². The molecule has 0 radical (unpaired) electrons. The molecule has 5 nitrogen and oxygen atoms in total. The Morgan fingerprint density at radius 2 is 1.84 bits per heavy atom. The smallest absolute Gasteiger partial charge is 0.235 e. The van der Waals surface area contributed by atoms with Crippen LogP contribution in [0.5, 0.6) is 5.75 Å². The second-order valence-electron chi connectivity index (χ2n) is 8.70. The number of benzene rings is 2. The van der Waals surface area contributed by atoms with Crippen LogP contribution in [0.15, 0.2) is 72.9 Å². The summed E-state index contributed by atoms with van der Waals surface area (Å²) >= 11 is 0. The van der Waals surface area contributed by atoms with Crippen LogP contribution in [0.25, 0.3) is 11.1 Å². The first kappa shape index (κ1) is 22.0. The summed E-state index contributed by atoms with van der Waals surface area (Å²) in [5.74, 6) is 0.989. The molecule has 32 heavy (non-hydrogen) atoms. The van der Waals surface area contributed by atoms with Gasteiger partial charge in [0.1, 0.15) is 11.2 Å². The molecule has 3 aromatic rings. The Balaban J connectivity index is 1.65. The Morgan fingerprint density at radius 3 is 2.53 bits per heavy atom. The van der Waals surface area contributed by atoms with Crippen LogP contribution >= 0.6 is 0 Å². The molecule has 1 amide bonds. The van der Waals surface area contributed by atoms with Gasteiger partial charge in [-0.2, -0.15) is 0 Å². The van der Waals surface area contributed by atoms with E-state index >= 15 is 0 Å². The van der Waals surface area contributed by atoms with Gasteiger partial charge in [0, 0.05) is 38.9 Å². The Hall–Kier alpha value is -3.18. The van der Waals surface area contributed by atoms with Crippen LogP contribution < -0.4 is 4.74 Å².